The molecule has 0 aromatic rings. The monoisotopic (exact) mass is 243 g/mol. The number of rotatable bonds is 7. The zero-order valence-corrected chi connectivity index (χ0v) is 10.9. The molecule has 1 unspecified atom stereocenters. The summed E-state index contributed by atoms with van der Waals surface area (Å²) >= 11 is 0. The Bertz CT molecular complexity index is 230. The van der Waals surface area contributed by atoms with Crippen molar-refractivity contribution in [2.45, 2.75) is 26.3 Å². The number of carbonyl (C=O) groups is 1. The molecule has 1 aliphatic heterocycles. The van der Waals surface area contributed by atoms with Crippen molar-refractivity contribution in [3.63, 3.8) is 0 Å². The van der Waals surface area contributed by atoms with Crippen LogP contribution in [0.2, 0.25) is 0 Å². The lowest BCUT2D eigenvalue weighted by atomic mass is 9.99. The molecule has 0 aromatic carbocycles. The average molecular weight is 243 g/mol. The second kappa shape index (κ2) is 7.63. The Hall–Kier alpha value is -0.650. The Morgan fingerprint density at radius 2 is 2.12 bits per heavy atom. The van der Waals surface area contributed by atoms with Crippen LogP contribution in [-0.4, -0.2) is 56.2 Å². The first-order chi connectivity index (χ1) is 8.15. The van der Waals surface area contributed by atoms with Crippen LogP contribution in [0.15, 0.2) is 0 Å². The fraction of sp³-hybridized carbons (Fsp3) is 0.917. The number of carbonyl (C=O) groups excluding carboxylic acids is 1. The molecule has 0 spiro atoms. The maximum Gasteiger partial charge on any atom is 0.234 e. The van der Waals surface area contributed by atoms with Gasteiger partial charge in [0.15, 0.2) is 0 Å². The lowest BCUT2D eigenvalue weighted by Crippen LogP contribution is -2.49. The Morgan fingerprint density at radius 1 is 1.47 bits per heavy atom. The summed E-state index contributed by atoms with van der Waals surface area (Å²) in [6, 6.07) is -0.207. The Labute approximate surface area is 104 Å². The third-order valence-corrected chi connectivity index (χ3v) is 3.42. The third-order valence-electron chi connectivity index (χ3n) is 3.42. The van der Waals surface area contributed by atoms with Crippen LogP contribution in [0, 0.1) is 5.92 Å². The van der Waals surface area contributed by atoms with Crippen molar-refractivity contribution in [1.82, 2.24) is 10.2 Å². The number of nitrogens with one attached hydrogen (secondary N) is 1. The summed E-state index contributed by atoms with van der Waals surface area (Å²) in [7, 11) is 0. The molecule has 1 heterocycles. The second-order valence-corrected chi connectivity index (χ2v) is 4.67. The van der Waals surface area contributed by atoms with Gasteiger partial charge >= 0.3 is 0 Å². The Morgan fingerprint density at radius 3 is 2.65 bits per heavy atom. The molecule has 0 saturated carbocycles. The minimum absolute atomic E-state index is 0.207. The zero-order chi connectivity index (χ0) is 12.7. The van der Waals surface area contributed by atoms with E-state index in [9.17, 15) is 4.79 Å². The van der Waals surface area contributed by atoms with E-state index in [4.69, 9.17) is 10.5 Å². The van der Waals surface area contributed by atoms with E-state index in [1.165, 1.54) is 0 Å². The number of primary amides is 1. The molecule has 0 aromatic heterocycles. The summed E-state index contributed by atoms with van der Waals surface area (Å²) in [6.45, 7) is 9.46. The fourth-order valence-corrected chi connectivity index (χ4v) is 2.02. The van der Waals surface area contributed by atoms with Crippen molar-refractivity contribution in [3.8, 4) is 0 Å². The molecule has 1 rings (SSSR count). The van der Waals surface area contributed by atoms with Gasteiger partial charge in [-0.25, -0.2) is 0 Å². The molecular weight excluding hydrogens is 218 g/mol. The highest BCUT2D eigenvalue weighted by molar-refractivity contribution is 5.80. The van der Waals surface area contributed by atoms with E-state index in [1.807, 2.05) is 0 Å². The summed E-state index contributed by atoms with van der Waals surface area (Å²) in [6.07, 6.45) is 0.957. The van der Waals surface area contributed by atoms with Gasteiger partial charge in [0, 0.05) is 26.2 Å². The highest BCUT2D eigenvalue weighted by Crippen LogP contribution is 2.07. The minimum atomic E-state index is -0.249. The predicted molar refractivity (Wildman–Crippen MR) is 67.7 cm³/mol. The quantitative estimate of drug-likeness (QED) is 0.650. The molecule has 1 amide bonds. The molecule has 1 saturated heterocycles. The molecule has 0 bridgehead atoms. The second-order valence-electron chi connectivity index (χ2n) is 4.67. The lowest BCUT2D eigenvalue weighted by molar-refractivity contribution is -0.121. The van der Waals surface area contributed by atoms with Gasteiger partial charge in [0.2, 0.25) is 5.91 Å². The molecule has 0 radical (unpaired) electrons. The van der Waals surface area contributed by atoms with Crippen LogP contribution in [0.1, 0.15) is 20.3 Å². The summed E-state index contributed by atoms with van der Waals surface area (Å²) in [4.78, 5) is 13.6. The maximum absolute atomic E-state index is 11.3. The van der Waals surface area contributed by atoms with Gasteiger partial charge in [-0.05, 0) is 5.92 Å². The van der Waals surface area contributed by atoms with Crippen LogP contribution in [0.5, 0.6) is 0 Å². The van der Waals surface area contributed by atoms with Crippen molar-refractivity contribution in [1.29, 1.82) is 0 Å². The molecule has 5 nitrogen and oxygen atoms in total. The fourth-order valence-electron chi connectivity index (χ4n) is 2.02. The first kappa shape index (κ1) is 14.4. The van der Waals surface area contributed by atoms with Crippen LogP contribution >= 0.6 is 0 Å². The van der Waals surface area contributed by atoms with Gasteiger partial charge in [-0.1, -0.05) is 20.3 Å². The Balaban J connectivity index is 2.24. The topological polar surface area (TPSA) is 67.6 Å². The van der Waals surface area contributed by atoms with E-state index in [0.29, 0.717) is 0 Å². The van der Waals surface area contributed by atoms with Gasteiger partial charge in [-0.3, -0.25) is 9.69 Å². The number of amides is 1. The standard InChI is InChI=1S/C12H25N3O2/c1-3-10(2)11(12(13)16)14-4-5-15-6-8-17-9-7-15/h10-11,14H,3-9H2,1-2H3,(H2,13,16)/t10?,11-/m0/s1. The molecule has 1 aliphatic rings. The molecule has 100 valence electrons. The zero-order valence-electron chi connectivity index (χ0n) is 10.9. The summed E-state index contributed by atoms with van der Waals surface area (Å²) < 4.78 is 5.28. The van der Waals surface area contributed by atoms with Gasteiger partial charge in [-0.15, -0.1) is 0 Å². The number of hydrogen-bond acceptors (Lipinski definition) is 4. The highest BCUT2D eigenvalue weighted by Gasteiger charge is 2.21. The number of nitrogens with two attached hydrogens (primary N) is 1. The van der Waals surface area contributed by atoms with Crippen LogP contribution < -0.4 is 11.1 Å². The lowest BCUT2D eigenvalue weighted by Gasteiger charge is -2.28. The normalized spacial score (nSPS) is 21.1. The molecule has 3 N–H and O–H groups in total. The van der Waals surface area contributed by atoms with Gasteiger partial charge in [-0.2, -0.15) is 0 Å². The first-order valence-electron chi connectivity index (χ1n) is 6.48. The van der Waals surface area contributed by atoms with E-state index in [1.54, 1.807) is 0 Å². The number of nitrogens with zero attached hydrogens (tertiary/aromatic N) is 1. The van der Waals surface area contributed by atoms with Crippen molar-refractivity contribution in [2.24, 2.45) is 11.7 Å². The molecule has 1 fully saturated rings. The minimum Gasteiger partial charge on any atom is -0.379 e. The van der Waals surface area contributed by atoms with Crippen molar-refractivity contribution in [3.05, 3.63) is 0 Å². The SMILES string of the molecule is CCC(C)[C@H](NCCN1CCOCC1)C(N)=O. The van der Waals surface area contributed by atoms with Crippen molar-refractivity contribution < 1.29 is 9.53 Å². The van der Waals surface area contributed by atoms with E-state index in [2.05, 4.69) is 24.1 Å². The van der Waals surface area contributed by atoms with Gasteiger partial charge in [0.25, 0.3) is 0 Å². The van der Waals surface area contributed by atoms with E-state index in [0.717, 1.165) is 45.8 Å². The highest BCUT2D eigenvalue weighted by atomic mass is 16.5. The summed E-state index contributed by atoms with van der Waals surface area (Å²) in [5, 5.41) is 3.26. The number of ether oxygens (including phenoxy) is 1. The van der Waals surface area contributed by atoms with Crippen LogP contribution in [0.3, 0.4) is 0 Å². The molecular formula is C12H25N3O2. The van der Waals surface area contributed by atoms with Gasteiger partial charge < -0.3 is 15.8 Å². The molecule has 5 heteroatoms. The molecule has 2 atom stereocenters. The van der Waals surface area contributed by atoms with Crippen LogP contribution in [0.25, 0.3) is 0 Å². The van der Waals surface area contributed by atoms with Crippen LogP contribution in [0.4, 0.5) is 0 Å². The third kappa shape index (κ3) is 5.02. The van der Waals surface area contributed by atoms with E-state index < -0.39 is 0 Å². The molecule has 0 aliphatic carbocycles. The van der Waals surface area contributed by atoms with E-state index in [-0.39, 0.29) is 17.9 Å². The average Bonchev–Trinajstić information content (AvgIpc) is 2.34. The van der Waals surface area contributed by atoms with Crippen LogP contribution in [-0.2, 0) is 9.53 Å². The van der Waals surface area contributed by atoms with Crippen molar-refractivity contribution >= 4 is 5.91 Å². The maximum atomic E-state index is 11.3. The largest absolute Gasteiger partial charge is 0.379 e. The first-order valence-corrected chi connectivity index (χ1v) is 6.48. The summed E-state index contributed by atoms with van der Waals surface area (Å²) in [5.41, 5.74) is 5.40. The number of hydrogen-bond donors (Lipinski definition) is 2. The smallest absolute Gasteiger partial charge is 0.234 e. The molecule has 17 heavy (non-hydrogen) atoms. The van der Waals surface area contributed by atoms with Gasteiger partial charge in [0.1, 0.15) is 0 Å². The summed E-state index contributed by atoms with van der Waals surface area (Å²) in [5.74, 6) is 0.0403. The van der Waals surface area contributed by atoms with Crippen molar-refractivity contribution in [2.75, 3.05) is 39.4 Å². The predicted octanol–water partition coefficient (Wildman–Crippen LogP) is -0.192. The Kier molecular flexibility index (Phi) is 6.47. The van der Waals surface area contributed by atoms with E-state index >= 15 is 0 Å². The number of morpholine rings is 1. The van der Waals surface area contributed by atoms with Gasteiger partial charge in [0.05, 0.1) is 19.3 Å².